The number of carbonyl (C=O) groups is 1. The standard InChI is InChI=1S/C11H21N3O3S/c1-8-5-13-10(6-12-8)11(15)14-9-3-2-4-18(16,17)7-9/h8-10,12-13H,2-7H2,1H3,(H,14,15). The van der Waals surface area contributed by atoms with Gasteiger partial charge >= 0.3 is 0 Å². The van der Waals surface area contributed by atoms with Gasteiger partial charge < -0.3 is 16.0 Å². The predicted molar refractivity (Wildman–Crippen MR) is 69.1 cm³/mol. The monoisotopic (exact) mass is 275 g/mol. The molecule has 104 valence electrons. The molecular weight excluding hydrogens is 254 g/mol. The molecule has 0 bridgehead atoms. The fourth-order valence-corrected chi connectivity index (χ4v) is 4.04. The number of hydrogen-bond acceptors (Lipinski definition) is 5. The van der Waals surface area contributed by atoms with Crippen LogP contribution in [0.15, 0.2) is 0 Å². The maximum Gasteiger partial charge on any atom is 0.238 e. The zero-order chi connectivity index (χ0) is 13.2. The van der Waals surface area contributed by atoms with Crippen molar-refractivity contribution in [1.29, 1.82) is 0 Å². The van der Waals surface area contributed by atoms with Crippen LogP contribution in [0.4, 0.5) is 0 Å². The lowest BCUT2D eigenvalue weighted by Crippen LogP contribution is -2.60. The van der Waals surface area contributed by atoms with Gasteiger partial charge in [-0.2, -0.15) is 0 Å². The molecule has 2 fully saturated rings. The molecule has 0 aromatic carbocycles. The van der Waals surface area contributed by atoms with E-state index < -0.39 is 9.84 Å². The van der Waals surface area contributed by atoms with Gasteiger partial charge in [-0.15, -0.1) is 0 Å². The lowest BCUT2D eigenvalue weighted by atomic mass is 10.1. The Balaban J connectivity index is 1.84. The number of carbonyl (C=O) groups excluding carboxylic acids is 1. The second-order valence-corrected chi connectivity index (χ2v) is 7.46. The molecule has 2 saturated heterocycles. The van der Waals surface area contributed by atoms with E-state index in [9.17, 15) is 13.2 Å². The number of piperazine rings is 1. The van der Waals surface area contributed by atoms with Crippen molar-refractivity contribution in [3.63, 3.8) is 0 Å². The fourth-order valence-electron chi connectivity index (χ4n) is 2.41. The summed E-state index contributed by atoms with van der Waals surface area (Å²) in [5.74, 6) is 0.228. The van der Waals surface area contributed by atoms with E-state index in [0.29, 0.717) is 19.0 Å². The number of nitrogens with one attached hydrogen (secondary N) is 3. The van der Waals surface area contributed by atoms with Crippen molar-refractivity contribution in [2.24, 2.45) is 0 Å². The first-order chi connectivity index (χ1) is 8.46. The van der Waals surface area contributed by atoms with Crippen LogP contribution in [0, 0.1) is 0 Å². The summed E-state index contributed by atoms with van der Waals surface area (Å²) in [6.45, 7) is 3.39. The van der Waals surface area contributed by atoms with Crippen LogP contribution in [0.2, 0.25) is 0 Å². The van der Waals surface area contributed by atoms with Crippen molar-refractivity contribution in [2.45, 2.75) is 37.9 Å². The largest absolute Gasteiger partial charge is 0.351 e. The summed E-state index contributed by atoms with van der Waals surface area (Å²) in [4.78, 5) is 12.0. The Labute approximate surface area is 108 Å². The van der Waals surface area contributed by atoms with Gasteiger partial charge in [-0.1, -0.05) is 0 Å². The molecule has 0 spiro atoms. The van der Waals surface area contributed by atoms with Crippen molar-refractivity contribution < 1.29 is 13.2 Å². The van der Waals surface area contributed by atoms with Gasteiger partial charge in [0.05, 0.1) is 17.5 Å². The summed E-state index contributed by atoms with van der Waals surface area (Å²) in [5, 5.41) is 9.22. The third-order valence-electron chi connectivity index (χ3n) is 3.47. The van der Waals surface area contributed by atoms with Gasteiger partial charge in [0.2, 0.25) is 5.91 Å². The lowest BCUT2D eigenvalue weighted by molar-refractivity contribution is -0.124. The van der Waals surface area contributed by atoms with Gasteiger partial charge in [0.25, 0.3) is 0 Å². The van der Waals surface area contributed by atoms with E-state index in [0.717, 1.165) is 13.0 Å². The van der Waals surface area contributed by atoms with Crippen LogP contribution in [0.25, 0.3) is 0 Å². The quantitative estimate of drug-likeness (QED) is 0.579. The highest BCUT2D eigenvalue weighted by atomic mass is 32.2. The smallest absolute Gasteiger partial charge is 0.238 e. The molecule has 2 aliphatic heterocycles. The molecule has 3 atom stereocenters. The van der Waals surface area contributed by atoms with Crippen molar-refractivity contribution in [3.05, 3.63) is 0 Å². The first-order valence-electron chi connectivity index (χ1n) is 6.44. The van der Waals surface area contributed by atoms with Crippen LogP contribution in [-0.4, -0.2) is 57.0 Å². The SMILES string of the molecule is CC1CNC(C(=O)NC2CCCS(=O)(=O)C2)CN1. The zero-order valence-electron chi connectivity index (χ0n) is 10.6. The molecule has 18 heavy (non-hydrogen) atoms. The molecular formula is C11H21N3O3S. The van der Waals surface area contributed by atoms with Crippen molar-refractivity contribution in [2.75, 3.05) is 24.6 Å². The van der Waals surface area contributed by atoms with E-state index in [1.54, 1.807) is 0 Å². The van der Waals surface area contributed by atoms with E-state index in [1.165, 1.54) is 0 Å². The minimum Gasteiger partial charge on any atom is -0.351 e. The molecule has 0 radical (unpaired) electrons. The summed E-state index contributed by atoms with van der Waals surface area (Å²) in [6.07, 6.45) is 1.39. The van der Waals surface area contributed by atoms with Crippen LogP contribution in [0.3, 0.4) is 0 Å². The van der Waals surface area contributed by atoms with Gasteiger partial charge in [0, 0.05) is 25.2 Å². The van der Waals surface area contributed by atoms with Crippen LogP contribution >= 0.6 is 0 Å². The Bertz CT molecular complexity index is 402. The summed E-state index contributed by atoms with van der Waals surface area (Å²) in [5.41, 5.74) is 0. The normalized spacial score (nSPS) is 35.9. The number of hydrogen-bond donors (Lipinski definition) is 3. The molecule has 6 nitrogen and oxygen atoms in total. The highest BCUT2D eigenvalue weighted by Crippen LogP contribution is 2.12. The third-order valence-corrected chi connectivity index (χ3v) is 5.29. The van der Waals surface area contributed by atoms with Gasteiger partial charge in [0.15, 0.2) is 9.84 Å². The van der Waals surface area contributed by atoms with Crippen molar-refractivity contribution in [1.82, 2.24) is 16.0 Å². The first kappa shape index (κ1) is 13.8. The maximum absolute atomic E-state index is 12.0. The predicted octanol–water partition coefficient (Wildman–Crippen LogP) is -1.37. The molecule has 3 N–H and O–H groups in total. The third kappa shape index (κ3) is 3.66. The Kier molecular flexibility index (Phi) is 4.24. The first-order valence-corrected chi connectivity index (χ1v) is 8.26. The molecule has 0 saturated carbocycles. The summed E-state index contributed by atoms with van der Waals surface area (Å²) >= 11 is 0. The lowest BCUT2D eigenvalue weighted by Gasteiger charge is -2.30. The van der Waals surface area contributed by atoms with E-state index in [1.807, 2.05) is 0 Å². The molecule has 0 aromatic rings. The number of rotatable bonds is 2. The van der Waals surface area contributed by atoms with Crippen LogP contribution in [-0.2, 0) is 14.6 Å². The topological polar surface area (TPSA) is 87.3 Å². The van der Waals surface area contributed by atoms with Crippen molar-refractivity contribution >= 4 is 15.7 Å². The molecule has 2 heterocycles. The second-order valence-electron chi connectivity index (χ2n) is 5.23. The molecule has 2 rings (SSSR count). The summed E-state index contributed by atoms with van der Waals surface area (Å²) in [7, 11) is -2.97. The molecule has 0 aliphatic carbocycles. The fraction of sp³-hybridized carbons (Fsp3) is 0.909. The molecule has 0 aromatic heterocycles. The zero-order valence-corrected chi connectivity index (χ0v) is 11.4. The average Bonchev–Trinajstić information content (AvgIpc) is 2.28. The Morgan fingerprint density at radius 1 is 1.28 bits per heavy atom. The minimum atomic E-state index is -2.97. The van der Waals surface area contributed by atoms with E-state index in [-0.39, 0.29) is 29.5 Å². The Hall–Kier alpha value is -0.660. The Morgan fingerprint density at radius 3 is 2.67 bits per heavy atom. The minimum absolute atomic E-state index is 0.0787. The van der Waals surface area contributed by atoms with E-state index >= 15 is 0 Å². The van der Waals surface area contributed by atoms with Gasteiger partial charge in [-0.3, -0.25) is 4.79 Å². The summed E-state index contributed by atoms with van der Waals surface area (Å²) in [6, 6.07) is -0.118. The maximum atomic E-state index is 12.0. The molecule has 3 unspecified atom stereocenters. The van der Waals surface area contributed by atoms with Crippen LogP contribution in [0.5, 0.6) is 0 Å². The van der Waals surface area contributed by atoms with E-state index in [4.69, 9.17) is 0 Å². The van der Waals surface area contributed by atoms with E-state index in [2.05, 4.69) is 22.9 Å². The highest BCUT2D eigenvalue weighted by molar-refractivity contribution is 7.91. The number of amides is 1. The molecule has 7 heteroatoms. The van der Waals surface area contributed by atoms with Gasteiger partial charge in [-0.05, 0) is 19.8 Å². The molecule has 1 amide bonds. The van der Waals surface area contributed by atoms with Gasteiger partial charge in [-0.25, -0.2) is 8.42 Å². The molecule has 2 aliphatic rings. The van der Waals surface area contributed by atoms with Gasteiger partial charge in [0.1, 0.15) is 0 Å². The Morgan fingerprint density at radius 2 is 2.06 bits per heavy atom. The number of sulfone groups is 1. The van der Waals surface area contributed by atoms with Crippen molar-refractivity contribution in [3.8, 4) is 0 Å². The van der Waals surface area contributed by atoms with Crippen LogP contribution < -0.4 is 16.0 Å². The second kappa shape index (κ2) is 5.54. The van der Waals surface area contributed by atoms with Crippen LogP contribution in [0.1, 0.15) is 19.8 Å². The average molecular weight is 275 g/mol. The summed E-state index contributed by atoms with van der Waals surface area (Å²) < 4.78 is 23.0. The highest BCUT2D eigenvalue weighted by Gasteiger charge is 2.29.